The lowest BCUT2D eigenvalue weighted by atomic mass is 10.0. The molecule has 2 N–H and O–H groups in total. The molecule has 0 spiro atoms. The topological polar surface area (TPSA) is 105 Å². The Morgan fingerprint density at radius 3 is 2.04 bits per heavy atom. The third-order valence-electron chi connectivity index (χ3n) is 7.41. The molecule has 8 nitrogen and oxygen atoms in total. The van der Waals surface area contributed by atoms with Crippen LogP contribution in [0.3, 0.4) is 0 Å². The minimum absolute atomic E-state index is 0.0498. The van der Waals surface area contributed by atoms with E-state index in [0.717, 1.165) is 23.3 Å². The zero-order valence-corrected chi connectivity index (χ0v) is 27.3. The van der Waals surface area contributed by atoms with Crippen molar-refractivity contribution in [1.29, 1.82) is 0 Å². The van der Waals surface area contributed by atoms with E-state index in [4.69, 9.17) is 16.3 Å². The Morgan fingerprint density at radius 2 is 1.40 bits per heavy atom. The molecule has 11 heteroatoms. The Labute approximate surface area is 284 Å². The number of sulfonamides is 1. The van der Waals surface area contributed by atoms with Gasteiger partial charge in [-0.05, 0) is 83.8 Å². The predicted octanol–water partition coefficient (Wildman–Crippen LogP) is 6.79. The molecular weight excluding hydrogens is 653 g/mol. The lowest BCUT2D eigenvalue weighted by Crippen LogP contribution is -2.45. The number of carbonyl (C=O) groups excluding carboxylic acids is 2. The largest absolute Gasteiger partial charge is 0.484 e. The highest BCUT2D eigenvalue weighted by Gasteiger charge is 2.32. The molecular formula is C37H33ClFN3O5S. The number of anilines is 1. The minimum atomic E-state index is -3.96. The summed E-state index contributed by atoms with van der Waals surface area (Å²) in [5, 5.41) is 3.54. The first-order valence-electron chi connectivity index (χ1n) is 15.1. The van der Waals surface area contributed by atoms with Crippen LogP contribution < -0.4 is 14.8 Å². The number of nitrogens with zero attached hydrogens (tertiary/aromatic N) is 1. The van der Waals surface area contributed by atoms with Crippen LogP contribution >= 0.6 is 11.6 Å². The number of amides is 2. The van der Waals surface area contributed by atoms with Gasteiger partial charge in [0, 0.05) is 23.8 Å². The summed E-state index contributed by atoms with van der Waals surface area (Å²) in [6.45, 7) is 0.0440. The van der Waals surface area contributed by atoms with Crippen molar-refractivity contribution < 1.29 is 27.1 Å². The van der Waals surface area contributed by atoms with Gasteiger partial charge in [0.2, 0.25) is 5.91 Å². The average molecular weight is 686 g/mol. The van der Waals surface area contributed by atoms with Gasteiger partial charge < -0.3 is 15.0 Å². The maximum Gasteiger partial charge on any atom is 0.261 e. The molecule has 246 valence electrons. The number of carbonyl (C=O) groups is 2. The number of nitrogens with one attached hydrogen (secondary N) is 2. The molecule has 0 bridgehead atoms. The normalized spacial score (nSPS) is 11.7. The number of benzene rings is 5. The standard InChI is InChI=1S/C37H33ClFN3O5S/c38-30-13-11-28(12-14-30)25-42(36(29-9-5-2-6-10-29)37(44)40-24-23-27-7-3-1-4-8-27)35(43)26-47-33-19-21-34(22-20-33)48(45,46)41-32-17-15-31(39)16-18-32/h1-22,36,41H,23-26H2,(H,40,44)/t36-/m1/s1. The summed E-state index contributed by atoms with van der Waals surface area (Å²) in [6, 6.07) is 35.3. The van der Waals surface area contributed by atoms with E-state index >= 15 is 0 Å². The van der Waals surface area contributed by atoms with E-state index in [1.165, 1.54) is 41.3 Å². The monoisotopic (exact) mass is 685 g/mol. The molecule has 0 saturated carbocycles. The van der Waals surface area contributed by atoms with Crippen LogP contribution in [-0.2, 0) is 32.6 Å². The van der Waals surface area contributed by atoms with Crippen LogP contribution in [0, 0.1) is 5.82 Å². The van der Waals surface area contributed by atoms with E-state index in [2.05, 4.69) is 10.0 Å². The van der Waals surface area contributed by atoms with Crippen LogP contribution in [0.25, 0.3) is 0 Å². The second-order valence-corrected chi connectivity index (χ2v) is 13.0. The number of rotatable bonds is 14. The number of halogens is 2. The van der Waals surface area contributed by atoms with Gasteiger partial charge in [-0.2, -0.15) is 0 Å². The van der Waals surface area contributed by atoms with Gasteiger partial charge in [0.05, 0.1) is 4.90 Å². The number of hydrogen-bond donors (Lipinski definition) is 2. The second-order valence-electron chi connectivity index (χ2n) is 10.9. The molecule has 0 aliphatic heterocycles. The number of ether oxygens (including phenoxy) is 1. The molecule has 0 aliphatic carbocycles. The highest BCUT2D eigenvalue weighted by molar-refractivity contribution is 7.92. The summed E-state index contributed by atoms with van der Waals surface area (Å²) in [4.78, 5) is 29.2. The summed E-state index contributed by atoms with van der Waals surface area (Å²) in [7, 11) is -3.96. The lowest BCUT2D eigenvalue weighted by Gasteiger charge is -2.31. The van der Waals surface area contributed by atoms with E-state index in [0.29, 0.717) is 23.6 Å². The lowest BCUT2D eigenvalue weighted by molar-refractivity contribution is -0.143. The van der Waals surface area contributed by atoms with Crippen molar-refractivity contribution in [2.75, 3.05) is 17.9 Å². The Balaban J connectivity index is 1.33. The second kappa shape index (κ2) is 16.1. The first kappa shape index (κ1) is 34.2. The fraction of sp³-hybridized carbons (Fsp3) is 0.135. The van der Waals surface area contributed by atoms with Gasteiger partial charge in [-0.3, -0.25) is 14.3 Å². The van der Waals surface area contributed by atoms with Crippen LogP contribution in [0.2, 0.25) is 5.02 Å². The summed E-state index contributed by atoms with van der Waals surface area (Å²) in [5.41, 5.74) is 2.66. The third-order valence-corrected chi connectivity index (χ3v) is 9.06. The highest BCUT2D eigenvalue weighted by Crippen LogP contribution is 2.26. The molecule has 48 heavy (non-hydrogen) atoms. The summed E-state index contributed by atoms with van der Waals surface area (Å²) in [6.07, 6.45) is 0.619. The molecule has 0 aromatic heterocycles. The third kappa shape index (κ3) is 9.43. The molecule has 0 unspecified atom stereocenters. The predicted molar refractivity (Wildman–Crippen MR) is 183 cm³/mol. The van der Waals surface area contributed by atoms with Crippen molar-refractivity contribution in [3.8, 4) is 5.75 Å². The molecule has 1 atom stereocenters. The Hall–Kier alpha value is -5.19. The molecule has 0 radical (unpaired) electrons. The summed E-state index contributed by atoms with van der Waals surface area (Å²) in [5.74, 6) is -1.05. The van der Waals surface area contributed by atoms with Crippen LogP contribution in [0.4, 0.5) is 10.1 Å². The Bertz CT molecular complexity index is 1910. The molecule has 2 amide bonds. The molecule has 5 aromatic rings. The molecule has 0 aliphatic rings. The Kier molecular flexibility index (Phi) is 11.4. The van der Waals surface area contributed by atoms with Crippen LogP contribution in [-0.4, -0.2) is 38.3 Å². The van der Waals surface area contributed by atoms with Gasteiger partial charge in [-0.1, -0.05) is 84.4 Å². The van der Waals surface area contributed by atoms with Crippen LogP contribution in [0.15, 0.2) is 138 Å². The fourth-order valence-corrected chi connectivity index (χ4v) is 6.15. The van der Waals surface area contributed by atoms with Crippen molar-refractivity contribution >= 4 is 39.1 Å². The van der Waals surface area contributed by atoms with Crippen molar-refractivity contribution in [3.63, 3.8) is 0 Å². The van der Waals surface area contributed by atoms with Crippen molar-refractivity contribution in [1.82, 2.24) is 10.2 Å². The van der Waals surface area contributed by atoms with Gasteiger partial charge in [0.15, 0.2) is 6.61 Å². The molecule has 5 rings (SSSR count). The summed E-state index contributed by atoms with van der Waals surface area (Å²) < 4.78 is 47.1. The van der Waals surface area contributed by atoms with Crippen LogP contribution in [0.5, 0.6) is 5.75 Å². The van der Waals surface area contributed by atoms with Crippen molar-refractivity contribution in [3.05, 3.63) is 161 Å². The molecule has 0 fully saturated rings. The SMILES string of the molecule is O=C(NCCc1ccccc1)[C@@H](c1ccccc1)N(Cc1ccc(Cl)cc1)C(=O)COc1ccc(S(=O)(=O)Nc2ccc(F)cc2)cc1. The fourth-order valence-electron chi connectivity index (χ4n) is 4.96. The summed E-state index contributed by atoms with van der Waals surface area (Å²) >= 11 is 6.11. The number of hydrogen-bond acceptors (Lipinski definition) is 5. The van der Waals surface area contributed by atoms with Crippen LogP contribution in [0.1, 0.15) is 22.7 Å². The van der Waals surface area contributed by atoms with E-state index in [9.17, 15) is 22.4 Å². The van der Waals surface area contributed by atoms with E-state index in [-0.39, 0.29) is 28.8 Å². The first-order chi connectivity index (χ1) is 23.2. The Morgan fingerprint density at radius 1 is 0.771 bits per heavy atom. The smallest absolute Gasteiger partial charge is 0.261 e. The first-order valence-corrected chi connectivity index (χ1v) is 17.0. The van der Waals surface area contributed by atoms with Gasteiger partial charge in [-0.25, -0.2) is 12.8 Å². The van der Waals surface area contributed by atoms with E-state index in [1.807, 2.05) is 48.5 Å². The maximum atomic E-state index is 13.9. The van der Waals surface area contributed by atoms with E-state index < -0.39 is 34.4 Å². The van der Waals surface area contributed by atoms with Gasteiger partial charge in [0.1, 0.15) is 17.6 Å². The van der Waals surface area contributed by atoms with Crippen molar-refractivity contribution in [2.24, 2.45) is 0 Å². The average Bonchev–Trinajstić information content (AvgIpc) is 3.10. The van der Waals surface area contributed by atoms with Gasteiger partial charge >= 0.3 is 0 Å². The maximum absolute atomic E-state index is 13.9. The van der Waals surface area contributed by atoms with Gasteiger partial charge in [-0.15, -0.1) is 0 Å². The minimum Gasteiger partial charge on any atom is -0.484 e. The molecule has 5 aromatic carbocycles. The zero-order chi connectivity index (χ0) is 33.9. The molecule has 0 saturated heterocycles. The molecule has 0 heterocycles. The quantitative estimate of drug-likeness (QED) is 0.134. The highest BCUT2D eigenvalue weighted by atomic mass is 35.5. The zero-order valence-electron chi connectivity index (χ0n) is 25.8. The van der Waals surface area contributed by atoms with Crippen molar-refractivity contribution in [2.45, 2.75) is 23.9 Å². The van der Waals surface area contributed by atoms with E-state index in [1.54, 1.807) is 36.4 Å². The van der Waals surface area contributed by atoms with Gasteiger partial charge in [0.25, 0.3) is 15.9 Å².